The van der Waals surface area contributed by atoms with Crippen LogP contribution in [0.3, 0.4) is 0 Å². The first-order valence-electron chi connectivity index (χ1n) is 5.71. The smallest absolute Gasteiger partial charge is 0.257 e. The molecule has 1 amide bonds. The highest BCUT2D eigenvalue weighted by Crippen LogP contribution is 2.20. The van der Waals surface area contributed by atoms with Crippen LogP contribution >= 0.6 is 11.6 Å². The quantitative estimate of drug-likeness (QED) is 0.860. The summed E-state index contributed by atoms with van der Waals surface area (Å²) in [5, 5.41) is 3.34. The highest BCUT2D eigenvalue weighted by Gasteiger charge is 2.10. The average Bonchev–Trinajstić information content (AvgIpc) is 2.34. The topological polar surface area (TPSA) is 29.1 Å². The van der Waals surface area contributed by atoms with Crippen molar-refractivity contribution < 1.29 is 4.79 Å². The highest BCUT2D eigenvalue weighted by molar-refractivity contribution is 6.34. The molecule has 0 spiro atoms. The monoisotopic (exact) mass is 259 g/mol. The van der Waals surface area contributed by atoms with Crippen LogP contribution in [-0.2, 0) is 0 Å². The van der Waals surface area contributed by atoms with E-state index in [1.807, 2.05) is 32.0 Å². The number of aryl methyl sites for hydroxylation is 2. The minimum Gasteiger partial charge on any atom is -0.322 e. The Balaban J connectivity index is 2.27. The Labute approximate surface area is 112 Å². The van der Waals surface area contributed by atoms with E-state index < -0.39 is 0 Å². The summed E-state index contributed by atoms with van der Waals surface area (Å²) in [4.78, 5) is 12.1. The number of rotatable bonds is 2. The van der Waals surface area contributed by atoms with Crippen molar-refractivity contribution in [2.75, 3.05) is 5.32 Å². The number of hydrogen-bond donors (Lipinski definition) is 1. The molecule has 0 fully saturated rings. The van der Waals surface area contributed by atoms with Crippen LogP contribution in [0, 0.1) is 13.8 Å². The van der Waals surface area contributed by atoms with Gasteiger partial charge >= 0.3 is 0 Å². The summed E-state index contributed by atoms with van der Waals surface area (Å²) in [5.74, 6) is -0.186. The molecule has 2 aromatic rings. The molecule has 0 bridgehead atoms. The number of carbonyl (C=O) groups is 1. The SMILES string of the molecule is Cc1ccc(C)c(NC(=O)c2ccccc2Cl)c1. The van der Waals surface area contributed by atoms with Gasteiger partial charge in [0.1, 0.15) is 0 Å². The maximum Gasteiger partial charge on any atom is 0.257 e. The first-order chi connectivity index (χ1) is 8.58. The lowest BCUT2D eigenvalue weighted by Gasteiger charge is -2.10. The van der Waals surface area contributed by atoms with E-state index in [-0.39, 0.29) is 5.91 Å². The molecule has 0 radical (unpaired) electrons. The predicted molar refractivity (Wildman–Crippen MR) is 75.3 cm³/mol. The third kappa shape index (κ3) is 2.71. The summed E-state index contributed by atoms with van der Waals surface area (Å²) in [5.41, 5.74) is 3.44. The zero-order valence-corrected chi connectivity index (χ0v) is 11.1. The van der Waals surface area contributed by atoms with Gasteiger partial charge in [-0.25, -0.2) is 0 Å². The molecule has 0 heterocycles. The summed E-state index contributed by atoms with van der Waals surface area (Å²) in [6.45, 7) is 3.95. The van der Waals surface area contributed by atoms with Crippen LogP contribution in [0.2, 0.25) is 5.02 Å². The molecule has 92 valence electrons. The molecular weight excluding hydrogens is 246 g/mol. The van der Waals surface area contributed by atoms with Crippen molar-refractivity contribution in [1.82, 2.24) is 0 Å². The number of anilines is 1. The lowest BCUT2D eigenvalue weighted by molar-refractivity contribution is 0.102. The Hall–Kier alpha value is -1.80. The van der Waals surface area contributed by atoms with E-state index in [2.05, 4.69) is 5.32 Å². The summed E-state index contributed by atoms with van der Waals surface area (Å²) in [6, 6.07) is 13.0. The van der Waals surface area contributed by atoms with Crippen molar-refractivity contribution in [2.24, 2.45) is 0 Å². The second kappa shape index (κ2) is 5.23. The molecule has 0 atom stereocenters. The Morgan fingerprint density at radius 2 is 1.83 bits per heavy atom. The maximum absolute atomic E-state index is 12.1. The van der Waals surface area contributed by atoms with Crippen molar-refractivity contribution >= 4 is 23.2 Å². The Morgan fingerprint density at radius 3 is 2.56 bits per heavy atom. The largest absolute Gasteiger partial charge is 0.322 e. The van der Waals surface area contributed by atoms with E-state index >= 15 is 0 Å². The van der Waals surface area contributed by atoms with Crippen molar-refractivity contribution in [3.8, 4) is 0 Å². The van der Waals surface area contributed by atoms with Crippen molar-refractivity contribution in [3.05, 3.63) is 64.2 Å². The third-order valence-corrected chi connectivity index (χ3v) is 3.09. The normalized spacial score (nSPS) is 10.2. The van der Waals surface area contributed by atoms with Crippen LogP contribution in [0.4, 0.5) is 5.69 Å². The lowest BCUT2D eigenvalue weighted by atomic mass is 10.1. The molecule has 0 unspecified atom stereocenters. The fraction of sp³-hybridized carbons (Fsp3) is 0.133. The number of nitrogens with one attached hydrogen (secondary N) is 1. The van der Waals surface area contributed by atoms with Crippen molar-refractivity contribution in [3.63, 3.8) is 0 Å². The van der Waals surface area contributed by atoms with Gasteiger partial charge in [-0.3, -0.25) is 4.79 Å². The van der Waals surface area contributed by atoms with Crippen LogP contribution in [-0.4, -0.2) is 5.91 Å². The van der Waals surface area contributed by atoms with E-state index in [0.29, 0.717) is 10.6 Å². The van der Waals surface area contributed by atoms with Crippen LogP contribution in [0.1, 0.15) is 21.5 Å². The van der Waals surface area contributed by atoms with Crippen LogP contribution < -0.4 is 5.32 Å². The van der Waals surface area contributed by atoms with Gasteiger partial charge in [-0.2, -0.15) is 0 Å². The Bertz CT molecular complexity index is 593. The van der Waals surface area contributed by atoms with E-state index in [1.54, 1.807) is 24.3 Å². The Kier molecular flexibility index (Phi) is 3.68. The number of benzene rings is 2. The van der Waals surface area contributed by atoms with Gasteiger partial charge in [0.05, 0.1) is 10.6 Å². The maximum atomic E-state index is 12.1. The number of carbonyl (C=O) groups excluding carboxylic acids is 1. The van der Waals surface area contributed by atoms with Crippen LogP contribution in [0.15, 0.2) is 42.5 Å². The van der Waals surface area contributed by atoms with E-state index in [0.717, 1.165) is 16.8 Å². The molecule has 0 aliphatic carbocycles. The molecule has 18 heavy (non-hydrogen) atoms. The minimum atomic E-state index is -0.186. The molecule has 2 aromatic carbocycles. The fourth-order valence-corrected chi connectivity index (χ4v) is 1.93. The van der Waals surface area contributed by atoms with Crippen molar-refractivity contribution in [2.45, 2.75) is 13.8 Å². The predicted octanol–water partition coefficient (Wildman–Crippen LogP) is 4.21. The number of amides is 1. The van der Waals surface area contributed by atoms with E-state index in [9.17, 15) is 4.79 Å². The van der Waals surface area contributed by atoms with Gasteiger partial charge in [0.15, 0.2) is 0 Å². The second-order valence-electron chi connectivity index (χ2n) is 4.25. The third-order valence-electron chi connectivity index (χ3n) is 2.76. The van der Waals surface area contributed by atoms with E-state index in [4.69, 9.17) is 11.6 Å². The zero-order valence-electron chi connectivity index (χ0n) is 10.3. The molecule has 0 aliphatic heterocycles. The van der Waals surface area contributed by atoms with Gasteiger partial charge in [-0.15, -0.1) is 0 Å². The standard InChI is InChI=1S/C15H14ClNO/c1-10-7-8-11(2)14(9-10)17-15(18)12-5-3-4-6-13(12)16/h3-9H,1-2H3,(H,17,18). The van der Waals surface area contributed by atoms with Crippen molar-refractivity contribution in [1.29, 1.82) is 0 Å². The second-order valence-corrected chi connectivity index (χ2v) is 4.66. The molecule has 0 aromatic heterocycles. The molecule has 2 nitrogen and oxygen atoms in total. The molecule has 0 aliphatic rings. The molecule has 2 rings (SSSR count). The summed E-state index contributed by atoms with van der Waals surface area (Å²) >= 11 is 6.00. The number of hydrogen-bond acceptors (Lipinski definition) is 1. The fourth-order valence-electron chi connectivity index (χ4n) is 1.71. The number of halogens is 1. The zero-order chi connectivity index (χ0) is 13.1. The van der Waals surface area contributed by atoms with Gasteiger partial charge in [-0.05, 0) is 43.2 Å². The molecule has 0 saturated carbocycles. The lowest BCUT2D eigenvalue weighted by Crippen LogP contribution is -2.13. The summed E-state index contributed by atoms with van der Waals surface area (Å²) < 4.78 is 0. The molecule has 0 saturated heterocycles. The van der Waals surface area contributed by atoms with Gasteiger partial charge in [-0.1, -0.05) is 35.9 Å². The minimum absolute atomic E-state index is 0.186. The summed E-state index contributed by atoms with van der Waals surface area (Å²) in [6.07, 6.45) is 0. The molecular formula is C15H14ClNO. The van der Waals surface area contributed by atoms with Crippen LogP contribution in [0.25, 0.3) is 0 Å². The van der Waals surface area contributed by atoms with Crippen LogP contribution in [0.5, 0.6) is 0 Å². The first kappa shape index (κ1) is 12.7. The molecule has 1 N–H and O–H groups in total. The Morgan fingerprint density at radius 1 is 1.11 bits per heavy atom. The average molecular weight is 260 g/mol. The molecule has 3 heteroatoms. The highest BCUT2D eigenvalue weighted by atomic mass is 35.5. The van der Waals surface area contributed by atoms with Gasteiger partial charge in [0, 0.05) is 5.69 Å². The first-order valence-corrected chi connectivity index (χ1v) is 6.09. The van der Waals surface area contributed by atoms with Gasteiger partial charge < -0.3 is 5.32 Å². The van der Waals surface area contributed by atoms with Gasteiger partial charge in [0.2, 0.25) is 0 Å². The summed E-state index contributed by atoms with van der Waals surface area (Å²) in [7, 11) is 0. The van der Waals surface area contributed by atoms with Gasteiger partial charge in [0.25, 0.3) is 5.91 Å². The van der Waals surface area contributed by atoms with E-state index in [1.165, 1.54) is 0 Å².